The van der Waals surface area contributed by atoms with Gasteiger partial charge in [-0.2, -0.15) is 0 Å². The van der Waals surface area contributed by atoms with Crippen molar-refractivity contribution < 1.29 is 9.53 Å². The second-order valence-corrected chi connectivity index (χ2v) is 6.89. The topological polar surface area (TPSA) is 38.3 Å². The number of carbonyl (C=O) groups excluding carboxylic acids is 1. The van der Waals surface area contributed by atoms with Crippen LogP contribution in [0.25, 0.3) is 11.1 Å². The van der Waals surface area contributed by atoms with Crippen LogP contribution < -0.4 is 5.32 Å². The van der Waals surface area contributed by atoms with Crippen molar-refractivity contribution in [2.45, 2.75) is 20.4 Å². The summed E-state index contributed by atoms with van der Waals surface area (Å²) in [7, 11) is 0. The average Bonchev–Trinajstić information content (AvgIpc) is 2.98. The van der Waals surface area contributed by atoms with Gasteiger partial charge in [-0.3, -0.25) is 0 Å². The maximum absolute atomic E-state index is 12.6. The zero-order chi connectivity index (χ0) is 17.6. The zero-order valence-electron chi connectivity index (χ0n) is 14.4. The molecule has 4 heteroatoms. The van der Waals surface area contributed by atoms with E-state index in [2.05, 4.69) is 17.4 Å². The molecule has 0 radical (unpaired) electrons. The van der Waals surface area contributed by atoms with Crippen molar-refractivity contribution >= 4 is 22.3 Å². The van der Waals surface area contributed by atoms with Crippen LogP contribution in [0.4, 0.5) is 5.00 Å². The van der Waals surface area contributed by atoms with Gasteiger partial charge >= 0.3 is 5.97 Å². The quantitative estimate of drug-likeness (QED) is 0.595. The molecule has 3 rings (SSSR count). The van der Waals surface area contributed by atoms with Crippen molar-refractivity contribution in [1.82, 2.24) is 0 Å². The monoisotopic (exact) mass is 351 g/mol. The maximum Gasteiger partial charge on any atom is 0.341 e. The average molecular weight is 351 g/mol. The number of esters is 1. The van der Waals surface area contributed by atoms with Gasteiger partial charge in [-0.05, 0) is 25.0 Å². The summed E-state index contributed by atoms with van der Waals surface area (Å²) in [5.74, 6) is -0.277. The molecule has 3 aromatic rings. The molecule has 128 valence electrons. The van der Waals surface area contributed by atoms with E-state index in [4.69, 9.17) is 4.74 Å². The number of anilines is 1. The first-order valence-corrected chi connectivity index (χ1v) is 9.16. The highest BCUT2D eigenvalue weighted by atomic mass is 32.1. The van der Waals surface area contributed by atoms with Crippen LogP contribution in [0.15, 0.2) is 60.7 Å². The third-order valence-corrected chi connectivity index (χ3v) is 4.99. The van der Waals surface area contributed by atoms with Crippen molar-refractivity contribution in [3.8, 4) is 11.1 Å². The number of benzene rings is 2. The van der Waals surface area contributed by atoms with Crippen molar-refractivity contribution in [3.05, 3.63) is 76.7 Å². The lowest BCUT2D eigenvalue weighted by Crippen LogP contribution is -2.09. The highest BCUT2D eigenvalue weighted by molar-refractivity contribution is 7.17. The maximum atomic E-state index is 12.6. The Morgan fingerprint density at radius 2 is 1.68 bits per heavy atom. The molecule has 0 bridgehead atoms. The molecule has 0 unspecified atom stereocenters. The predicted octanol–water partition coefficient (Wildman–Crippen LogP) is 5.51. The van der Waals surface area contributed by atoms with Crippen LogP contribution in [0.1, 0.15) is 27.7 Å². The van der Waals surface area contributed by atoms with Crippen LogP contribution in [-0.2, 0) is 11.3 Å². The number of nitrogens with one attached hydrogen (secondary N) is 1. The molecule has 3 nitrogen and oxygen atoms in total. The van der Waals surface area contributed by atoms with Gasteiger partial charge in [0.25, 0.3) is 0 Å². The van der Waals surface area contributed by atoms with Gasteiger partial charge in [0.05, 0.1) is 6.61 Å². The number of ether oxygens (including phenoxy) is 1. The highest BCUT2D eigenvalue weighted by Gasteiger charge is 2.24. The SMILES string of the molecule is CCOC(=O)c1c(NCc2ccccc2)sc(C)c1-c1ccccc1. The van der Waals surface area contributed by atoms with Crippen LogP contribution in [0, 0.1) is 6.92 Å². The standard InChI is InChI=1S/C21H21NO2S/c1-3-24-21(23)19-18(17-12-8-5-9-13-17)15(2)25-20(19)22-14-16-10-6-4-7-11-16/h4-13,22H,3,14H2,1-2H3. The molecule has 1 N–H and O–H groups in total. The Hall–Kier alpha value is -2.59. The molecule has 0 aliphatic rings. The van der Waals surface area contributed by atoms with E-state index in [1.807, 2.05) is 62.4 Å². The van der Waals surface area contributed by atoms with Gasteiger partial charge < -0.3 is 10.1 Å². The van der Waals surface area contributed by atoms with Gasteiger partial charge in [0.2, 0.25) is 0 Å². The van der Waals surface area contributed by atoms with Crippen molar-refractivity contribution in [2.75, 3.05) is 11.9 Å². The summed E-state index contributed by atoms with van der Waals surface area (Å²) in [4.78, 5) is 13.7. The van der Waals surface area contributed by atoms with Crippen LogP contribution in [0.2, 0.25) is 0 Å². The summed E-state index contributed by atoms with van der Waals surface area (Å²) in [5, 5.41) is 4.28. The molecule has 0 atom stereocenters. The summed E-state index contributed by atoms with van der Waals surface area (Å²) in [6.07, 6.45) is 0. The first-order valence-electron chi connectivity index (χ1n) is 8.34. The lowest BCUT2D eigenvalue weighted by molar-refractivity contribution is 0.0529. The van der Waals surface area contributed by atoms with E-state index in [-0.39, 0.29) is 5.97 Å². The van der Waals surface area contributed by atoms with Gasteiger partial charge in [-0.15, -0.1) is 11.3 Å². The molecule has 1 heterocycles. The minimum atomic E-state index is -0.277. The van der Waals surface area contributed by atoms with E-state index in [0.29, 0.717) is 18.7 Å². The minimum absolute atomic E-state index is 0.277. The van der Waals surface area contributed by atoms with E-state index >= 15 is 0 Å². The van der Waals surface area contributed by atoms with Crippen LogP contribution >= 0.6 is 11.3 Å². The fourth-order valence-corrected chi connectivity index (χ4v) is 3.86. The first kappa shape index (κ1) is 17.2. The number of carbonyl (C=O) groups is 1. The second kappa shape index (κ2) is 7.99. The summed E-state index contributed by atoms with van der Waals surface area (Å²) >= 11 is 1.60. The third-order valence-electron chi connectivity index (χ3n) is 3.92. The first-order chi connectivity index (χ1) is 12.2. The van der Waals surface area contributed by atoms with E-state index in [9.17, 15) is 4.79 Å². The van der Waals surface area contributed by atoms with Gasteiger partial charge in [0.1, 0.15) is 10.6 Å². The number of hydrogen-bond acceptors (Lipinski definition) is 4. The Labute approximate surface area is 152 Å². The molecule has 0 amide bonds. The lowest BCUT2D eigenvalue weighted by atomic mass is 10.0. The van der Waals surface area contributed by atoms with Gasteiger partial charge in [0.15, 0.2) is 0 Å². The Kier molecular flexibility index (Phi) is 5.51. The molecule has 0 saturated heterocycles. The van der Waals surface area contributed by atoms with E-state index in [0.717, 1.165) is 21.0 Å². The molecule has 0 aliphatic carbocycles. The largest absolute Gasteiger partial charge is 0.462 e. The molecular formula is C21H21NO2S. The fraction of sp³-hybridized carbons (Fsp3) is 0.190. The fourth-order valence-electron chi connectivity index (χ4n) is 2.80. The zero-order valence-corrected chi connectivity index (χ0v) is 15.2. The van der Waals surface area contributed by atoms with Crippen LogP contribution in [0.3, 0.4) is 0 Å². The highest BCUT2D eigenvalue weighted by Crippen LogP contribution is 2.40. The Balaban J connectivity index is 1.98. The Bertz CT molecular complexity index is 841. The van der Waals surface area contributed by atoms with E-state index in [1.54, 1.807) is 11.3 Å². The number of thiophene rings is 1. The number of rotatable bonds is 6. The molecule has 25 heavy (non-hydrogen) atoms. The predicted molar refractivity (Wildman–Crippen MR) is 104 cm³/mol. The number of hydrogen-bond donors (Lipinski definition) is 1. The molecular weight excluding hydrogens is 330 g/mol. The molecule has 2 aromatic carbocycles. The third kappa shape index (κ3) is 3.91. The molecule has 0 fully saturated rings. The number of aryl methyl sites for hydroxylation is 1. The summed E-state index contributed by atoms with van der Waals surface area (Å²) in [6.45, 7) is 4.90. The summed E-state index contributed by atoms with van der Waals surface area (Å²) in [6, 6.07) is 20.1. The van der Waals surface area contributed by atoms with E-state index in [1.165, 1.54) is 5.56 Å². The Morgan fingerprint density at radius 3 is 2.32 bits per heavy atom. The molecule has 1 aromatic heterocycles. The van der Waals surface area contributed by atoms with E-state index < -0.39 is 0 Å². The van der Waals surface area contributed by atoms with Crippen molar-refractivity contribution in [3.63, 3.8) is 0 Å². The Morgan fingerprint density at radius 1 is 1.04 bits per heavy atom. The summed E-state index contributed by atoms with van der Waals surface area (Å²) in [5.41, 5.74) is 3.79. The van der Waals surface area contributed by atoms with Crippen LogP contribution in [0.5, 0.6) is 0 Å². The molecule has 0 aliphatic heterocycles. The second-order valence-electron chi connectivity index (χ2n) is 5.66. The van der Waals surface area contributed by atoms with Crippen LogP contribution in [-0.4, -0.2) is 12.6 Å². The minimum Gasteiger partial charge on any atom is -0.462 e. The van der Waals surface area contributed by atoms with Gasteiger partial charge in [0, 0.05) is 17.0 Å². The van der Waals surface area contributed by atoms with Gasteiger partial charge in [-0.25, -0.2) is 4.79 Å². The van der Waals surface area contributed by atoms with Crippen molar-refractivity contribution in [2.24, 2.45) is 0 Å². The summed E-state index contributed by atoms with van der Waals surface area (Å²) < 4.78 is 5.32. The molecule has 0 saturated carbocycles. The smallest absolute Gasteiger partial charge is 0.341 e. The van der Waals surface area contributed by atoms with Gasteiger partial charge in [-0.1, -0.05) is 60.7 Å². The molecule has 0 spiro atoms. The van der Waals surface area contributed by atoms with Crippen molar-refractivity contribution in [1.29, 1.82) is 0 Å². The normalized spacial score (nSPS) is 10.5. The lowest BCUT2D eigenvalue weighted by Gasteiger charge is -2.10.